The quantitative estimate of drug-likeness (QED) is 0.179. The van der Waals surface area contributed by atoms with Crippen molar-refractivity contribution in [1.82, 2.24) is 14.5 Å². The molecule has 7 nitrogen and oxygen atoms in total. The molecular weight excluding hydrogens is 581 g/mol. The molecule has 2 aromatic heterocycles. The van der Waals surface area contributed by atoms with E-state index in [0.29, 0.717) is 11.1 Å². The van der Waals surface area contributed by atoms with E-state index in [1.54, 1.807) is 36.4 Å². The number of sulfone groups is 1. The third-order valence-corrected chi connectivity index (χ3v) is 7.47. The highest BCUT2D eigenvalue weighted by Crippen LogP contribution is 2.42. The van der Waals surface area contributed by atoms with E-state index < -0.39 is 28.3 Å². The molecule has 0 fully saturated rings. The van der Waals surface area contributed by atoms with Gasteiger partial charge in [-0.15, -0.1) is 0 Å². The zero-order valence-electron chi connectivity index (χ0n) is 22.3. The van der Waals surface area contributed by atoms with Crippen LogP contribution in [0.4, 0.5) is 22.0 Å². The van der Waals surface area contributed by atoms with Crippen molar-refractivity contribution in [2.75, 3.05) is 6.26 Å². The molecule has 2 heterocycles. The highest BCUT2D eigenvalue weighted by atomic mass is 32.2. The first-order chi connectivity index (χ1) is 19.7. The Morgan fingerprint density at radius 2 is 1.62 bits per heavy atom. The number of alkyl halides is 5. The van der Waals surface area contributed by atoms with Crippen LogP contribution in [0.2, 0.25) is 0 Å². The van der Waals surface area contributed by atoms with Gasteiger partial charge >= 0.3 is 12.8 Å². The fourth-order valence-electron chi connectivity index (χ4n) is 4.52. The molecule has 0 N–H and O–H groups in total. The maximum absolute atomic E-state index is 13.5. The van der Waals surface area contributed by atoms with Crippen LogP contribution >= 0.6 is 0 Å². The molecule has 0 saturated heterocycles. The topological polar surface area (TPSA) is 87.2 Å². The molecular formula is C29H22F5N3O4S. The van der Waals surface area contributed by atoms with Crippen molar-refractivity contribution in [1.29, 1.82) is 0 Å². The molecule has 13 heteroatoms. The number of halogens is 5. The third-order valence-electron chi connectivity index (χ3n) is 6.36. The standard InChI is InChI=1S/C29H22F5N3O4S/c1-16-35-25(29(32,33)34)15-37(16)23-12-11-19(18-7-6-8-20(13-18)42(3,38)39)14-22(23)26-27(40-17(2)36-26)21-9-4-5-10-24(21)41-28(30)31/h4-15,28H,1-3H3. The highest BCUT2D eigenvalue weighted by Gasteiger charge is 2.35. The van der Waals surface area contributed by atoms with Crippen molar-refractivity contribution in [2.24, 2.45) is 0 Å². The van der Waals surface area contributed by atoms with E-state index in [9.17, 15) is 30.4 Å². The Bertz CT molecular complexity index is 1900. The first-order valence-corrected chi connectivity index (χ1v) is 14.2. The van der Waals surface area contributed by atoms with E-state index in [2.05, 4.69) is 9.97 Å². The molecule has 5 aromatic rings. The molecule has 0 amide bonds. The van der Waals surface area contributed by atoms with Crippen molar-refractivity contribution < 1.29 is 39.5 Å². The molecule has 0 spiro atoms. The Morgan fingerprint density at radius 3 is 2.29 bits per heavy atom. The Kier molecular flexibility index (Phi) is 7.39. The van der Waals surface area contributed by atoms with Gasteiger partial charge in [0.05, 0.1) is 16.1 Å². The molecule has 0 aliphatic carbocycles. The van der Waals surface area contributed by atoms with Crippen LogP contribution in [-0.2, 0) is 16.0 Å². The van der Waals surface area contributed by atoms with Gasteiger partial charge in [0.15, 0.2) is 27.2 Å². The van der Waals surface area contributed by atoms with Gasteiger partial charge in [0.1, 0.15) is 17.3 Å². The predicted molar refractivity (Wildman–Crippen MR) is 144 cm³/mol. The Hall–Kier alpha value is -4.52. The highest BCUT2D eigenvalue weighted by molar-refractivity contribution is 7.90. The lowest BCUT2D eigenvalue weighted by Crippen LogP contribution is -2.05. The van der Waals surface area contributed by atoms with Gasteiger partial charge in [-0.25, -0.2) is 18.4 Å². The zero-order chi connectivity index (χ0) is 30.4. The molecule has 0 unspecified atom stereocenters. The normalized spacial score (nSPS) is 12.2. The molecule has 218 valence electrons. The summed E-state index contributed by atoms with van der Waals surface area (Å²) in [5.41, 5.74) is 0.690. The van der Waals surface area contributed by atoms with Gasteiger partial charge in [-0.05, 0) is 54.4 Å². The van der Waals surface area contributed by atoms with Crippen LogP contribution in [0.15, 0.2) is 82.2 Å². The number of benzene rings is 3. The number of hydrogen-bond acceptors (Lipinski definition) is 6. The van der Waals surface area contributed by atoms with Crippen molar-refractivity contribution >= 4 is 9.84 Å². The van der Waals surface area contributed by atoms with Crippen LogP contribution in [0.5, 0.6) is 5.75 Å². The van der Waals surface area contributed by atoms with Gasteiger partial charge in [0, 0.05) is 24.9 Å². The minimum absolute atomic E-state index is 0.0265. The predicted octanol–water partition coefficient (Wildman–Crippen LogP) is 7.50. The fraction of sp³-hybridized carbons (Fsp3) is 0.172. The number of ether oxygens (including phenoxy) is 1. The smallest absolute Gasteiger partial charge is 0.434 e. The van der Waals surface area contributed by atoms with Gasteiger partial charge in [0.2, 0.25) is 0 Å². The van der Waals surface area contributed by atoms with Gasteiger partial charge in [0.25, 0.3) is 0 Å². The maximum Gasteiger partial charge on any atom is 0.434 e. The summed E-state index contributed by atoms with van der Waals surface area (Å²) in [5.74, 6) is 0.0293. The van der Waals surface area contributed by atoms with Gasteiger partial charge in [-0.2, -0.15) is 22.0 Å². The lowest BCUT2D eigenvalue weighted by atomic mass is 9.97. The molecule has 0 bridgehead atoms. The van der Waals surface area contributed by atoms with E-state index >= 15 is 0 Å². The lowest BCUT2D eigenvalue weighted by Gasteiger charge is -2.15. The van der Waals surface area contributed by atoms with Gasteiger partial charge in [-0.1, -0.05) is 30.3 Å². The van der Waals surface area contributed by atoms with E-state index in [1.807, 2.05) is 0 Å². The summed E-state index contributed by atoms with van der Waals surface area (Å²) in [7, 11) is -3.54. The average molecular weight is 604 g/mol. The second-order valence-electron chi connectivity index (χ2n) is 9.36. The molecule has 5 rings (SSSR count). The summed E-state index contributed by atoms with van der Waals surface area (Å²) in [6.07, 6.45) is -2.79. The van der Waals surface area contributed by atoms with Crippen molar-refractivity contribution in [3.05, 3.63) is 90.3 Å². The SMILES string of the molecule is Cc1nc(-c2cc(-c3cccc(S(C)(=O)=O)c3)ccc2-n2cc(C(F)(F)F)nc2C)c(-c2ccccc2OC(F)F)o1. The van der Waals surface area contributed by atoms with Crippen LogP contribution in [0.25, 0.3) is 39.4 Å². The molecule has 0 aliphatic heterocycles. The van der Waals surface area contributed by atoms with Crippen LogP contribution in [-0.4, -0.2) is 35.8 Å². The number of oxazole rings is 1. The Balaban J connectivity index is 1.79. The molecule has 42 heavy (non-hydrogen) atoms. The summed E-state index contributed by atoms with van der Waals surface area (Å²) in [6.45, 7) is -0.190. The number of imidazole rings is 1. The lowest BCUT2D eigenvalue weighted by molar-refractivity contribution is -0.141. The largest absolute Gasteiger partial charge is 0.440 e. The molecule has 0 saturated carbocycles. The monoisotopic (exact) mass is 603 g/mol. The van der Waals surface area contributed by atoms with Crippen molar-refractivity contribution in [3.8, 4) is 45.1 Å². The number of aryl methyl sites for hydroxylation is 2. The summed E-state index contributed by atoms with van der Waals surface area (Å²) in [5, 5.41) is 0. The number of nitrogens with zero attached hydrogens (tertiary/aromatic N) is 3. The number of aromatic nitrogens is 3. The Morgan fingerprint density at radius 1 is 0.905 bits per heavy atom. The van der Waals surface area contributed by atoms with Gasteiger partial charge in [-0.3, -0.25) is 0 Å². The Labute approximate surface area is 237 Å². The molecule has 0 radical (unpaired) electrons. The number of hydrogen-bond donors (Lipinski definition) is 0. The summed E-state index contributed by atoms with van der Waals surface area (Å²) < 4.78 is 103. The van der Waals surface area contributed by atoms with E-state index in [1.165, 1.54) is 48.7 Å². The maximum atomic E-state index is 13.5. The van der Waals surface area contributed by atoms with E-state index in [4.69, 9.17) is 9.15 Å². The molecule has 3 aromatic carbocycles. The molecule has 0 aliphatic rings. The zero-order valence-corrected chi connectivity index (χ0v) is 23.1. The number of rotatable bonds is 7. The minimum atomic E-state index is -4.70. The first kappa shape index (κ1) is 29.0. The fourth-order valence-corrected chi connectivity index (χ4v) is 5.19. The third kappa shape index (κ3) is 5.77. The van der Waals surface area contributed by atoms with Crippen molar-refractivity contribution in [2.45, 2.75) is 31.5 Å². The van der Waals surface area contributed by atoms with Crippen LogP contribution in [0.1, 0.15) is 17.4 Å². The molecule has 0 atom stereocenters. The van der Waals surface area contributed by atoms with Crippen LogP contribution in [0.3, 0.4) is 0 Å². The van der Waals surface area contributed by atoms with Crippen molar-refractivity contribution in [3.63, 3.8) is 0 Å². The summed E-state index contributed by atoms with van der Waals surface area (Å²) >= 11 is 0. The van der Waals surface area contributed by atoms with Crippen LogP contribution < -0.4 is 4.74 Å². The second-order valence-corrected chi connectivity index (χ2v) is 11.4. The number of para-hydroxylation sites is 1. The van der Waals surface area contributed by atoms with Crippen LogP contribution in [0, 0.1) is 13.8 Å². The average Bonchev–Trinajstić information content (AvgIpc) is 3.50. The summed E-state index contributed by atoms with van der Waals surface area (Å²) in [4.78, 5) is 8.22. The van der Waals surface area contributed by atoms with E-state index in [-0.39, 0.29) is 50.6 Å². The van der Waals surface area contributed by atoms with E-state index in [0.717, 1.165) is 12.5 Å². The first-order valence-electron chi connectivity index (χ1n) is 12.3. The summed E-state index contributed by atoms with van der Waals surface area (Å²) in [6, 6.07) is 16.8. The second kappa shape index (κ2) is 10.7. The van der Waals surface area contributed by atoms with Gasteiger partial charge < -0.3 is 13.7 Å². The minimum Gasteiger partial charge on any atom is -0.440 e.